The molecule has 3 aliphatic rings. The number of thiophene rings is 1. The lowest BCUT2D eigenvalue weighted by Gasteiger charge is -2.42. The number of hydrogen-bond acceptors (Lipinski definition) is 5. The van der Waals surface area contributed by atoms with Crippen LogP contribution in [0.15, 0.2) is 307 Å². The van der Waals surface area contributed by atoms with Gasteiger partial charge < -0.3 is 11.1 Å². The molecule has 11 aromatic carbocycles. The number of rotatable bonds is 8. The summed E-state index contributed by atoms with van der Waals surface area (Å²) in [6, 6.07) is 99.3. The van der Waals surface area contributed by atoms with Gasteiger partial charge in [-0.3, -0.25) is 0 Å². The van der Waals surface area contributed by atoms with Crippen LogP contribution in [0.5, 0.6) is 0 Å². The predicted octanol–water partition coefficient (Wildman–Crippen LogP) is 17.7. The normalized spacial score (nSPS) is 15.0. The second-order valence-electron chi connectivity index (χ2n) is 20.5. The summed E-state index contributed by atoms with van der Waals surface area (Å²) >= 11 is 1.79. The van der Waals surface area contributed by atoms with E-state index in [-0.39, 0.29) is 0 Å². The number of amidine groups is 3. The van der Waals surface area contributed by atoms with Crippen molar-refractivity contribution in [2.24, 2.45) is 20.7 Å². The third-order valence-corrected chi connectivity index (χ3v) is 17.3. The minimum Gasteiger partial charge on any atom is -0.383 e. The third-order valence-electron chi connectivity index (χ3n) is 16.1. The lowest BCUT2D eigenvalue weighted by atomic mass is 9.68. The zero-order valence-electron chi connectivity index (χ0n) is 44.9. The lowest BCUT2D eigenvalue weighted by molar-refractivity contribution is 0.492. The Balaban J connectivity index is 0.000000635. The smallest absolute Gasteiger partial charge is 0.161 e. The molecule has 12 aromatic rings. The molecular formula is C75H57N5S. The van der Waals surface area contributed by atoms with Crippen LogP contribution in [0.4, 0.5) is 5.69 Å². The SMILES string of the molecule is C=C.Cc1ccccc1.NC(=Nc1ccc(-c2ccc(C3=NC(C4(c5ccccc5)c5ccccc5-c5ccccc54)N=C(C4(c5ccccc5)c5ccccc5-c5ccccc54)N3)cc2)c2sc3ccccc3c12)c1ccccc1. The van der Waals surface area contributed by atoms with Crippen molar-refractivity contribution < 1.29 is 0 Å². The van der Waals surface area contributed by atoms with Crippen LogP contribution in [0.2, 0.25) is 0 Å². The summed E-state index contributed by atoms with van der Waals surface area (Å²) in [6.45, 7) is 8.08. The Morgan fingerprint density at radius 1 is 0.469 bits per heavy atom. The highest BCUT2D eigenvalue weighted by Gasteiger charge is 2.55. The minimum absolute atomic E-state index is 0.489. The fourth-order valence-electron chi connectivity index (χ4n) is 12.6. The fourth-order valence-corrected chi connectivity index (χ4v) is 13.9. The fraction of sp³-hybridized carbons (Fsp3) is 0.0533. The first kappa shape index (κ1) is 50.5. The molecular weight excluding hydrogens is 1000 g/mol. The Bertz CT molecular complexity index is 4280. The van der Waals surface area contributed by atoms with Gasteiger partial charge in [-0.15, -0.1) is 24.5 Å². The number of fused-ring (bicyclic) bond motifs is 9. The van der Waals surface area contributed by atoms with Crippen LogP contribution < -0.4 is 11.1 Å². The van der Waals surface area contributed by atoms with Gasteiger partial charge in [0, 0.05) is 31.3 Å². The highest BCUT2D eigenvalue weighted by molar-refractivity contribution is 7.26. The van der Waals surface area contributed by atoms with E-state index in [1.807, 2.05) is 48.5 Å². The molecule has 0 radical (unpaired) electrons. The number of nitrogens with two attached hydrogens (primary N) is 1. The molecule has 1 unspecified atom stereocenters. The zero-order chi connectivity index (χ0) is 54.9. The van der Waals surface area contributed by atoms with Crippen molar-refractivity contribution in [2.75, 3.05) is 0 Å². The zero-order valence-corrected chi connectivity index (χ0v) is 45.7. The second kappa shape index (κ2) is 21.3. The van der Waals surface area contributed by atoms with Crippen molar-refractivity contribution in [3.8, 4) is 33.4 Å². The van der Waals surface area contributed by atoms with Gasteiger partial charge in [0.1, 0.15) is 22.9 Å². The minimum atomic E-state index is -0.801. The van der Waals surface area contributed by atoms with Gasteiger partial charge in [-0.1, -0.05) is 272 Å². The van der Waals surface area contributed by atoms with Crippen LogP contribution in [0.3, 0.4) is 0 Å². The number of nitrogens with zero attached hydrogens (tertiary/aromatic N) is 3. The molecule has 1 aromatic heterocycles. The number of benzene rings is 11. The molecule has 2 heterocycles. The van der Waals surface area contributed by atoms with E-state index in [2.05, 4.69) is 256 Å². The first-order chi connectivity index (χ1) is 40.0. The Hall–Kier alpha value is -10.0. The molecule has 0 amide bonds. The summed E-state index contributed by atoms with van der Waals surface area (Å²) in [5, 5.41) is 6.29. The number of hydrogen-bond donors (Lipinski definition) is 2. The average molecular weight is 1060 g/mol. The van der Waals surface area contributed by atoms with Gasteiger partial charge in [0.2, 0.25) is 0 Å². The van der Waals surface area contributed by atoms with Crippen molar-refractivity contribution in [3.05, 3.63) is 342 Å². The Morgan fingerprint density at radius 2 is 0.938 bits per heavy atom. The van der Waals surface area contributed by atoms with Crippen LogP contribution in [0.1, 0.15) is 50.1 Å². The van der Waals surface area contributed by atoms with Crippen molar-refractivity contribution in [2.45, 2.75) is 23.9 Å². The maximum absolute atomic E-state index is 6.67. The van der Waals surface area contributed by atoms with Gasteiger partial charge in [-0.25, -0.2) is 15.0 Å². The van der Waals surface area contributed by atoms with E-state index in [0.29, 0.717) is 5.84 Å². The summed E-state index contributed by atoms with van der Waals surface area (Å²) < 4.78 is 2.37. The molecule has 0 bridgehead atoms. The average Bonchev–Trinajstić information content (AvgIpc) is 4.23. The lowest BCUT2D eigenvalue weighted by Crippen LogP contribution is -2.53. The van der Waals surface area contributed by atoms with Crippen molar-refractivity contribution >= 4 is 54.7 Å². The molecule has 5 nitrogen and oxygen atoms in total. The summed E-state index contributed by atoms with van der Waals surface area (Å²) in [6.07, 6.45) is -0.620. The van der Waals surface area contributed by atoms with E-state index < -0.39 is 17.0 Å². The molecule has 1 atom stereocenters. The van der Waals surface area contributed by atoms with Gasteiger partial charge in [0.15, 0.2) is 6.17 Å². The molecule has 0 saturated heterocycles. The van der Waals surface area contributed by atoms with Gasteiger partial charge in [0.25, 0.3) is 0 Å². The third kappa shape index (κ3) is 8.42. The molecule has 81 heavy (non-hydrogen) atoms. The number of nitrogens with one attached hydrogen (secondary N) is 1. The van der Waals surface area contributed by atoms with Gasteiger partial charge in [-0.2, -0.15) is 0 Å². The van der Waals surface area contributed by atoms with Crippen LogP contribution in [0.25, 0.3) is 53.6 Å². The van der Waals surface area contributed by atoms with Gasteiger partial charge in [0.05, 0.1) is 11.1 Å². The second-order valence-corrected chi connectivity index (χ2v) is 21.5. The highest BCUT2D eigenvalue weighted by Crippen LogP contribution is 2.58. The van der Waals surface area contributed by atoms with E-state index in [1.54, 1.807) is 11.3 Å². The van der Waals surface area contributed by atoms with E-state index in [4.69, 9.17) is 20.7 Å². The summed E-state index contributed by atoms with van der Waals surface area (Å²) in [4.78, 5) is 17.0. The molecule has 1 aliphatic heterocycles. The summed E-state index contributed by atoms with van der Waals surface area (Å²) in [5.41, 5.74) is 23.2. The van der Waals surface area contributed by atoms with Crippen LogP contribution in [-0.2, 0) is 10.8 Å². The first-order valence-corrected chi connectivity index (χ1v) is 28.2. The molecule has 0 fully saturated rings. The van der Waals surface area contributed by atoms with Gasteiger partial charge in [-0.05, 0) is 85.8 Å². The predicted molar refractivity (Wildman–Crippen MR) is 341 cm³/mol. The van der Waals surface area contributed by atoms with E-state index in [0.717, 1.165) is 56.1 Å². The monoisotopic (exact) mass is 1060 g/mol. The molecule has 6 heteroatoms. The molecule has 388 valence electrons. The van der Waals surface area contributed by atoms with E-state index in [9.17, 15) is 0 Å². The quantitative estimate of drug-likeness (QED) is 0.0904. The van der Waals surface area contributed by atoms with Crippen molar-refractivity contribution in [1.82, 2.24) is 5.32 Å². The molecule has 0 spiro atoms. The Kier molecular flexibility index (Phi) is 13.3. The largest absolute Gasteiger partial charge is 0.383 e. The maximum Gasteiger partial charge on any atom is 0.161 e. The standard InChI is InChI=1S/C66H45N5S.C7H8.C2H4/c67-61(43-20-4-1-5-21-43)68-57-41-40-47(60-59(57)52-30-14-19-35-58(52)72-60)42-36-38-44(39-37-42)62-69-63(65(45-22-6-2-7-23-45)53-31-15-10-26-48(53)49-27-11-16-32-54(49)65)71-64(70-62)66(46-24-8-3-9-25-46)55-33-17-12-28-50(55)51-29-13-18-34-56(51)66;1-7-5-3-2-4-6-7;1-2/h1-41,63H,(H2,67,68)(H,69,70,71);2-6H,1H3;1-2H2. The molecule has 0 saturated carbocycles. The van der Waals surface area contributed by atoms with Crippen molar-refractivity contribution in [3.63, 3.8) is 0 Å². The van der Waals surface area contributed by atoms with Gasteiger partial charge >= 0.3 is 0 Å². The number of aliphatic imine (C=N–C) groups is 3. The van der Waals surface area contributed by atoms with E-state index in [1.165, 1.54) is 64.9 Å². The Morgan fingerprint density at radius 3 is 1.51 bits per heavy atom. The topological polar surface area (TPSA) is 75.1 Å². The molecule has 3 N–H and O–H groups in total. The summed E-state index contributed by atoms with van der Waals surface area (Å²) in [5.74, 6) is 2.09. The summed E-state index contributed by atoms with van der Waals surface area (Å²) in [7, 11) is 0. The van der Waals surface area contributed by atoms with Crippen molar-refractivity contribution in [1.29, 1.82) is 0 Å². The maximum atomic E-state index is 6.67. The van der Waals surface area contributed by atoms with Crippen LogP contribution in [-0.4, -0.2) is 23.7 Å². The van der Waals surface area contributed by atoms with Crippen LogP contribution in [0, 0.1) is 6.92 Å². The number of aryl methyl sites for hydroxylation is 1. The first-order valence-electron chi connectivity index (χ1n) is 27.4. The Labute approximate surface area is 477 Å². The molecule has 2 aliphatic carbocycles. The van der Waals surface area contributed by atoms with Crippen LogP contribution >= 0.6 is 11.3 Å². The highest BCUT2D eigenvalue weighted by atomic mass is 32.1. The molecule has 15 rings (SSSR count). The van der Waals surface area contributed by atoms with E-state index >= 15 is 0 Å².